The summed E-state index contributed by atoms with van der Waals surface area (Å²) in [5.74, 6) is 0. The molecule has 2 aromatic carbocycles. The van der Waals surface area contributed by atoms with Crippen LogP contribution in [0.1, 0.15) is 81.0 Å². The Morgan fingerprint density at radius 3 is 2.57 bits per heavy atom. The molecule has 2 aliphatic rings. The lowest BCUT2D eigenvalue weighted by Crippen LogP contribution is -2.58. The number of aromatic nitrogens is 5. The summed E-state index contributed by atoms with van der Waals surface area (Å²) in [6, 6.07) is 13.5. The third-order valence-corrected chi connectivity index (χ3v) is 11.1. The summed E-state index contributed by atoms with van der Waals surface area (Å²) >= 11 is 3.82. The molecule has 7 rings (SSSR count). The van der Waals surface area contributed by atoms with E-state index >= 15 is 0 Å². The summed E-state index contributed by atoms with van der Waals surface area (Å²) in [6.07, 6.45) is 9.46. The zero-order valence-electron chi connectivity index (χ0n) is 28.0. The van der Waals surface area contributed by atoms with Gasteiger partial charge >= 0.3 is 0 Å². The first-order valence-electron chi connectivity index (χ1n) is 17.0. The number of nitrogens with zero attached hydrogens (tertiary/aromatic N) is 7. The molecule has 4 atom stereocenters. The normalized spacial score (nSPS) is 21.5. The predicted octanol–water partition coefficient (Wildman–Crippen LogP) is 7.32. The minimum absolute atomic E-state index is 0.0387. The van der Waals surface area contributed by atoms with Crippen molar-refractivity contribution >= 4 is 43.7 Å². The third-order valence-electron chi connectivity index (χ3n) is 10.3. The van der Waals surface area contributed by atoms with Crippen LogP contribution in [0.25, 0.3) is 22.1 Å². The number of ether oxygens (including phenoxy) is 1. The molecule has 3 aromatic heterocycles. The van der Waals surface area contributed by atoms with Crippen LogP contribution < -0.4 is 10.5 Å². The van der Waals surface area contributed by atoms with Gasteiger partial charge in [-0.05, 0) is 104 Å². The van der Waals surface area contributed by atoms with E-state index in [1.807, 2.05) is 15.4 Å². The fourth-order valence-corrected chi connectivity index (χ4v) is 8.04. The minimum atomic E-state index is -0.127. The Morgan fingerprint density at radius 1 is 1.02 bits per heavy atom. The number of pyridine rings is 1. The van der Waals surface area contributed by atoms with Crippen LogP contribution >= 0.6 is 15.9 Å². The van der Waals surface area contributed by atoms with Gasteiger partial charge in [-0.25, -0.2) is 4.68 Å². The Kier molecular flexibility index (Phi) is 8.93. The lowest BCUT2D eigenvalue weighted by Gasteiger charge is -2.49. The molecule has 2 unspecified atom stereocenters. The number of fused-ring (bicyclic) bond motifs is 2. The molecule has 0 spiro atoms. The van der Waals surface area contributed by atoms with E-state index in [0.717, 1.165) is 78.7 Å². The minimum Gasteiger partial charge on any atom is -0.363 e. The molecular weight excluding hydrogens is 654 g/mol. The summed E-state index contributed by atoms with van der Waals surface area (Å²) in [7, 11) is 0. The van der Waals surface area contributed by atoms with Gasteiger partial charge in [-0.15, -0.1) is 0 Å². The SMILES string of the molecule is CC[C@@H]1CN(c2c(Br)c(=O)n(Cc3ccc(C)c(C)c3)c3cn(C4CCCCO4)nc23)[C@@H](C)CN1C(C)c1ccc2nccnc2c1. The molecule has 9 nitrogen and oxygen atoms in total. The topological polar surface area (TPSA) is 81.3 Å². The molecule has 2 fully saturated rings. The van der Waals surface area contributed by atoms with E-state index in [1.54, 1.807) is 12.4 Å². The Labute approximate surface area is 284 Å². The number of rotatable bonds is 7. The summed E-state index contributed by atoms with van der Waals surface area (Å²) < 4.78 is 10.6. The molecule has 5 aromatic rings. The van der Waals surface area contributed by atoms with Gasteiger partial charge in [0.05, 0.1) is 35.0 Å². The fraction of sp³-hybridized carbons (Fsp3) is 0.459. The maximum Gasteiger partial charge on any atom is 0.267 e. The van der Waals surface area contributed by atoms with Gasteiger partial charge in [-0.1, -0.05) is 31.2 Å². The highest BCUT2D eigenvalue weighted by Gasteiger charge is 2.37. The van der Waals surface area contributed by atoms with Crippen LogP contribution in [0, 0.1) is 13.8 Å². The highest BCUT2D eigenvalue weighted by atomic mass is 79.9. The lowest BCUT2D eigenvalue weighted by atomic mass is 9.98. The summed E-state index contributed by atoms with van der Waals surface area (Å²) in [6.45, 7) is 13.9. The van der Waals surface area contributed by atoms with Gasteiger partial charge in [-0.2, -0.15) is 5.10 Å². The summed E-state index contributed by atoms with van der Waals surface area (Å²) in [4.78, 5) is 28.3. The molecule has 0 amide bonds. The van der Waals surface area contributed by atoms with Gasteiger partial charge in [0.15, 0.2) is 0 Å². The molecule has 10 heteroatoms. The molecule has 5 heterocycles. The second-order valence-electron chi connectivity index (χ2n) is 13.4. The Hall–Kier alpha value is -3.60. The van der Waals surface area contributed by atoms with Crippen molar-refractivity contribution in [2.24, 2.45) is 0 Å². The third kappa shape index (κ3) is 6.00. The number of hydrogen-bond donors (Lipinski definition) is 0. The van der Waals surface area contributed by atoms with Crippen molar-refractivity contribution < 1.29 is 4.74 Å². The molecule has 0 radical (unpaired) electrons. The van der Waals surface area contributed by atoms with Gasteiger partial charge in [0.1, 0.15) is 16.2 Å². The van der Waals surface area contributed by atoms with Crippen molar-refractivity contribution in [1.29, 1.82) is 0 Å². The van der Waals surface area contributed by atoms with Crippen molar-refractivity contribution in [2.75, 3.05) is 24.6 Å². The highest BCUT2D eigenvalue weighted by molar-refractivity contribution is 9.10. The second kappa shape index (κ2) is 13.1. The molecule has 0 N–H and O–H groups in total. The van der Waals surface area contributed by atoms with Crippen LogP contribution in [0.4, 0.5) is 5.69 Å². The van der Waals surface area contributed by atoms with E-state index in [1.165, 1.54) is 16.7 Å². The van der Waals surface area contributed by atoms with E-state index in [2.05, 4.69) is 107 Å². The van der Waals surface area contributed by atoms with Crippen molar-refractivity contribution in [3.05, 3.63) is 92.1 Å². The molecule has 246 valence electrons. The average molecular weight is 699 g/mol. The molecule has 47 heavy (non-hydrogen) atoms. The average Bonchev–Trinajstić information content (AvgIpc) is 3.53. The molecule has 2 saturated heterocycles. The number of anilines is 1. The first-order chi connectivity index (χ1) is 22.7. The predicted molar refractivity (Wildman–Crippen MR) is 191 cm³/mol. The van der Waals surface area contributed by atoms with E-state index in [0.29, 0.717) is 11.0 Å². The Morgan fingerprint density at radius 2 is 1.83 bits per heavy atom. The second-order valence-corrected chi connectivity index (χ2v) is 14.2. The van der Waals surface area contributed by atoms with Crippen molar-refractivity contribution in [3.8, 4) is 0 Å². The molecule has 0 bridgehead atoms. The Bertz CT molecular complexity index is 1980. The van der Waals surface area contributed by atoms with Gasteiger partial charge < -0.3 is 9.64 Å². The monoisotopic (exact) mass is 697 g/mol. The van der Waals surface area contributed by atoms with Crippen LogP contribution in [0.15, 0.2) is 64.3 Å². The first kappa shape index (κ1) is 32.0. The van der Waals surface area contributed by atoms with Crippen molar-refractivity contribution in [2.45, 2.75) is 91.2 Å². The molecular formula is C37H44BrN7O2. The lowest BCUT2D eigenvalue weighted by molar-refractivity contribution is -0.0390. The van der Waals surface area contributed by atoms with Crippen LogP contribution in [0.5, 0.6) is 0 Å². The van der Waals surface area contributed by atoms with Crippen LogP contribution in [0.2, 0.25) is 0 Å². The maximum absolute atomic E-state index is 14.3. The van der Waals surface area contributed by atoms with Crippen LogP contribution in [-0.4, -0.2) is 61.0 Å². The largest absolute Gasteiger partial charge is 0.363 e. The number of halogens is 1. The highest BCUT2D eigenvalue weighted by Crippen LogP contribution is 2.38. The molecule has 0 aliphatic carbocycles. The molecule has 2 aliphatic heterocycles. The van der Waals surface area contributed by atoms with E-state index in [4.69, 9.17) is 9.84 Å². The van der Waals surface area contributed by atoms with Crippen molar-refractivity contribution in [1.82, 2.24) is 29.2 Å². The van der Waals surface area contributed by atoms with Gasteiger partial charge in [-0.3, -0.25) is 24.2 Å². The number of hydrogen-bond acceptors (Lipinski definition) is 7. The standard InChI is InChI=1S/C37H44BrN7O2/c1-6-29-21-42(25(4)19-43(29)26(5)28-12-13-30-31(18-28)40-15-14-39-30)36-34(38)37(46)44(20-27-11-10-23(2)24(3)17-27)32-22-45(41-35(32)36)33-9-7-8-16-47-33/h10-15,17-18,22,25-26,29,33H,6-9,16,19-21H2,1-5H3/t25-,26?,29+,33?/m0/s1. The van der Waals surface area contributed by atoms with Crippen molar-refractivity contribution in [3.63, 3.8) is 0 Å². The number of aryl methyl sites for hydroxylation is 2. The van der Waals surface area contributed by atoms with Gasteiger partial charge in [0, 0.05) is 50.2 Å². The smallest absolute Gasteiger partial charge is 0.267 e. The Balaban J connectivity index is 1.27. The van der Waals surface area contributed by atoms with E-state index in [9.17, 15) is 4.79 Å². The summed E-state index contributed by atoms with van der Waals surface area (Å²) in [5.41, 5.74) is 9.15. The zero-order valence-corrected chi connectivity index (χ0v) is 29.6. The number of piperazine rings is 1. The van der Waals surface area contributed by atoms with Gasteiger partial charge in [0.2, 0.25) is 0 Å². The zero-order chi connectivity index (χ0) is 32.8. The van der Waals surface area contributed by atoms with Crippen LogP contribution in [-0.2, 0) is 11.3 Å². The van der Waals surface area contributed by atoms with E-state index in [-0.39, 0.29) is 29.9 Å². The first-order valence-corrected chi connectivity index (χ1v) is 17.7. The van der Waals surface area contributed by atoms with Gasteiger partial charge in [0.25, 0.3) is 5.56 Å². The number of benzene rings is 2. The quantitative estimate of drug-likeness (QED) is 0.176. The summed E-state index contributed by atoms with van der Waals surface area (Å²) in [5, 5.41) is 5.20. The molecule has 0 saturated carbocycles. The fourth-order valence-electron chi connectivity index (χ4n) is 7.41. The maximum atomic E-state index is 14.3. The van der Waals surface area contributed by atoms with Crippen LogP contribution in [0.3, 0.4) is 0 Å². The van der Waals surface area contributed by atoms with E-state index < -0.39 is 0 Å².